The van der Waals surface area contributed by atoms with Crippen LogP contribution in [0.4, 0.5) is 0 Å². The maximum Gasteiger partial charge on any atom is 0.101 e. The number of hydrogen-bond donors (Lipinski definition) is 2. The fraction of sp³-hybridized carbons (Fsp3) is 0.222. The first-order valence-electron chi connectivity index (χ1n) is 7.36. The number of H-pyrrole nitrogens is 1. The zero-order valence-corrected chi connectivity index (χ0v) is 13.1. The fourth-order valence-corrected chi connectivity index (χ4v) is 3.03. The Morgan fingerprint density at radius 3 is 2.67 bits per heavy atom. The Bertz CT molecular complexity index is 701. The second kappa shape index (κ2) is 6.83. The first-order chi connectivity index (χ1) is 10.4. The predicted octanol–water partition coefficient (Wildman–Crippen LogP) is 3.20. The molecule has 2 aromatic carbocycles. The van der Waals surface area contributed by atoms with E-state index in [0.29, 0.717) is 0 Å². The molecule has 0 fully saturated rings. The molecule has 108 valence electrons. The van der Waals surface area contributed by atoms with Crippen molar-refractivity contribution in [2.24, 2.45) is 0 Å². The highest BCUT2D eigenvalue weighted by Gasteiger charge is 2.03. The Balaban J connectivity index is 1.51. The van der Waals surface area contributed by atoms with Crippen LogP contribution in [-0.2, 0) is 13.0 Å². The Labute approximate surface area is 130 Å². The molecule has 3 N–H and O–H groups in total. The summed E-state index contributed by atoms with van der Waals surface area (Å²) in [6.45, 7) is 2.17. The summed E-state index contributed by atoms with van der Waals surface area (Å²) in [6, 6.07) is 17.4. The topological polar surface area (TPSA) is 32.4 Å². The largest absolute Gasteiger partial charge is 0.361 e. The van der Waals surface area contributed by atoms with Crippen LogP contribution in [0.25, 0.3) is 10.9 Å². The second-order valence-corrected chi connectivity index (χ2v) is 6.12. The van der Waals surface area contributed by atoms with Crippen LogP contribution in [0.1, 0.15) is 11.1 Å². The summed E-state index contributed by atoms with van der Waals surface area (Å²) in [6.07, 6.45) is 5.36. The molecular formula is C18H21N2S+. The van der Waals surface area contributed by atoms with Crippen LogP contribution in [-0.4, -0.2) is 17.8 Å². The number of aromatic nitrogens is 1. The van der Waals surface area contributed by atoms with E-state index >= 15 is 0 Å². The number of hydrogen-bond acceptors (Lipinski definition) is 1. The van der Waals surface area contributed by atoms with Gasteiger partial charge in [0.2, 0.25) is 0 Å². The molecule has 0 atom stereocenters. The standard InChI is InChI=1S/C18H20N2S/c1-21-16-8-6-14(7-9-16)12-19-11-10-15-13-20-18-5-3-2-4-17(15)18/h2-9,13,19-20H,10-12H2,1H3/p+1. The maximum absolute atomic E-state index is 3.34. The average molecular weight is 297 g/mol. The van der Waals surface area contributed by atoms with Crippen molar-refractivity contribution in [3.63, 3.8) is 0 Å². The van der Waals surface area contributed by atoms with Crippen LogP contribution in [0, 0.1) is 0 Å². The summed E-state index contributed by atoms with van der Waals surface area (Å²) < 4.78 is 0. The van der Waals surface area contributed by atoms with Gasteiger partial charge in [0.1, 0.15) is 6.54 Å². The lowest BCUT2D eigenvalue weighted by atomic mass is 10.1. The van der Waals surface area contributed by atoms with Gasteiger partial charge in [-0.05, 0) is 30.0 Å². The average Bonchev–Trinajstić information content (AvgIpc) is 2.95. The summed E-state index contributed by atoms with van der Waals surface area (Å²) >= 11 is 1.79. The highest BCUT2D eigenvalue weighted by molar-refractivity contribution is 7.98. The molecule has 0 radical (unpaired) electrons. The second-order valence-electron chi connectivity index (χ2n) is 5.24. The van der Waals surface area contributed by atoms with Crippen LogP contribution in [0.2, 0.25) is 0 Å². The van der Waals surface area contributed by atoms with Crippen LogP contribution in [0.15, 0.2) is 59.6 Å². The molecule has 3 rings (SSSR count). The van der Waals surface area contributed by atoms with Crippen molar-refractivity contribution in [1.29, 1.82) is 0 Å². The molecule has 0 saturated heterocycles. The summed E-state index contributed by atoms with van der Waals surface area (Å²) in [5, 5.41) is 3.74. The van der Waals surface area contributed by atoms with Crippen molar-refractivity contribution < 1.29 is 5.32 Å². The molecule has 0 amide bonds. The summed E-state index contributed by atoms with van der Waals surface area (Å²) in [4.78, 5) is 4.67. The molecule has 1 heterocycles. The fourth-order valence-electron chi connectivity index (χ4n) is 2.63. The van der Waals surface area contributed by atoms with E-state index in [9.17, 15) is 0 Å². The van der Waals surface area contributed by atoms with E-state index in [1.54, 1.807) is 11.8 Å². The zero-order chi connectivity index (χ0) is 14.5. The van der Waals surface area contributed by atoms with Crippen molar-refractivity contribution in [2.75, 3.05) is 12.8 Å². The molecule has 0 aliphatic carbocycles. The van der Waals surface area contributed by atoms with Crippen molar-refractivity contribution >= 4 is 22.7 Å². The first kappa shape index (κ1) is 14.2. The molecule has 0 aliphatic rings. The van der Waals surface area contributed by atoms with Gasteiger partial charge in [-0.15, -0.1) is 11.8 Å². The van der Waals surface area contributed by atoms with Gasteiger partial charge < -0.3 is 10.3 Å². The van der Waals surface area contributed by atoms with Gasteiger partial charge in [-0.3, -0.25) is 0 Å². The van der Waals surface area contributed by atoms with Crippen LogP contribution in [0.3, 0.4) is 0 Å². The normalized spacial score (nSPS) is 11.1. The number of rotatable bonds is 6. The van der Waals surface area contributed by atoms with E-state index in [-0.39, 0.29) is 0 Å². The van der Waals surface area contributed by atoms with Gasteiger partial charge in [-0.1, -0.05) is 30.3 Å². The van der Waals surface area contributed by atoms with Gasteiger partial charge in [0.25, 0.3) is 0 Å². The summed E-state index contributed by atoms with van der Waals surface area (Å²) in [5.74, 6) is 0. The molecule has 0 saturated carbocycles. The van der Waals surface area contributed by atoms with Crippen molar-refractivity contribution in [2.45, 2.75) is 17.9 Å². The van der Waals surface area contributed by atoms with E-state index in [1.807, 2.05) is 0 Å². The van der Waals surface area contributed by atoms with Crippen molar-refractivity contribution in [1.82, 2.24) is 4.98 Å². The number of nitrogens with two attached hydrogens (primary N) is 1. The molecule has 0 spiro atoms. The minimum atomic E-state index is 1.05. The monoisotopic (exact) mass is 297 g/mol. The van der Waals surface area contributed by atoms with Gasteiger partial charge in [0, 0.05) is 34.0 Å². The number of benzene rings is 2. The lowest BCUT2D eigenvalue weighted by molar-refractivity contribution is -0.670. The molecule has 0 unspecified atom stereocenters. The van der Waals surface area contributed by atoms with Crippen molar-refractivity contribution in [3.8, 4) is 0 Å². The molecule has 0 bridgehead atoms. The van der Waals surface area contributed by atoms with E-state index < -0.39 is 0 Å². The molecule has 2 nitrogen and oxygen atoms in total. The molecule has 3 heteroatoms. The van der Waals surface area contributed by atoms with E-state index in [1.165, 1.54) is 26.9 Å². The lowest BCUT2D eigenvalue weighted by Crippen LogP contribution is -2.83. The Morgan fingerprint density at radius 1 is 1.05 bits per heavy atom. The molecule has 3 aromatic rings. The van der Waals surface area contributed by atoms with E-state index in [4.69, 9.17) is 0 Å². The SMILES string of the molecule is CSc1ccc(C[NH2+]CCc2c[nH]c3ccccc23)cc1. The third-order valence-electron chi connectivity index (χ3n) is 3.83. The van der Waals surface area contributed by atoms with Gasteiger partial charge >= 0.3 is 0 Å². The van der Waals surface area contributed by atoms with Crippen LogP contribution in [0.5, 0.6) is 0 Å². The Morgan fingerprint density at radius 2 is 1.86 bits per heavy atom. The Hall–Kier alpha value is -1.71. The minimum Gasteiger partial charge on any atom is -0.361 e. The smallest absolute Gasteiger partial charge is 0.101 e. The molecular weight excluding hydrogens is 276 g/mol. The highest BCUT2D eigenvalue weighted by Crippen LogP contribution is 2.17. The number of aromatic amines is 1. The number of quaternary nitrogens is 1. The summed E-state index contributed by atoms with van der Waals surface area (Å²) in [5.41, 5.74) is 4.05. The number of fused-ring (bicyclic) bond motifs is 1. The van der Waals surface area contributed by atoms with Gasteiger partial charge in [-0.25, -0.2) is 0 Å². The molecule has 1 aromatic heterocycles. The molecule has 0 aliphatic heterocycles. The summed E-state index contributed by atoms with van der Waals surface area (Å²) in [7, 11) is 0. The third-order valence-corrected chi connectivity index (χ3v) is 4.58. The highest BCUT2D eigenvalue weighted by atomic mass is 32.2. The van der Waals surface area contributed by atoms with Gasteiger partial charge in [0.05, 0.1) is 6.54 Å². The number of thioether (sulfide) groups is 1. The van der Waals surface area contributed by atoms with Gasteiger partial charge in [-0.2, -0.15) is 0 Å². The van der Waals surface area contributed by atoms with Crippen LogP contribution < -0.4 is 5.32 Å². The van der Waals surface area contributed by atoms with Gasteiger partial charge in [0.15, 0.2) is 0 Å². The minimum absolute atomic E-state index is 1.05. The lowest BCUT2D eigenvalue weighted by Gasteiger charge is -2.03. The molecule has 21 heavy (non-hydrogen) atoms. The number of para-hydroxylation sites is 1. The van der Waals surface area contributed by atoms with Crippen LogP contribution >= 0.6 is 11.8 Å². The van der Waals surface area contributed by atoms with E-state index in [0.717, 1.165) is 19.5 Å². The maximum atomic E-state index is 3.34. The third kappa shape index (κ3) is 3.49. The van der Waals surface area contributed by atoms with E-state index in [2.05, 4.69) is 71.3 Å². The quantitative estimate of drug-likeness (QED) is 0.531. The van der Waals surface area contributed by atoms with Crippen molar-refractivity contribution in [3.05, 3.63) is 65.9 Å². The first-order valence-corrected chi connectivity index (χ1v) is 8.59. The Kier molecular flexibility index (Phi) is 4.63. The number of nitrogens with one attached hydrogen (secondary N) is 1. The zero-order valence-electron chi connectivity index (χ0n) is 12.3. The predicted molar refractivity (Wildman–Crippen MR) is 90.7 cm³/mol.